The van der Waals surface area contributed by atoms with Crippen LogP contribution in [-0.4, -0.2) is 33.6 Å². The normalized spacial score (nSPS) is 20.1. The molecule has 0 aromatic heterocycles. The van der Waals surface area contributed by atoms with Gasteiger partial charge >= 0.3 is 12.4 Å². The highest BCUT2D eigenvalue weighted by Gasteiger charge is 2.48. The van der Waals surface area contributed by atoms with E-state index in [-0.39, 0.29) is 4.20 Å². The second-order valence-electron chi connectivity index (χ2n) is 6.99. The maximum atomic E-state index is 13.3. The Bertz CT molecular complexity index is 1010. The van der Waals surface area contributed by atoms with Gasteiger partial charge in [0.1, 0.15) is 0 Å². The lowest BCUT2D eigenvalue weighted by Crippen LogP contribution is -2.31. The fourth-order valence-corrected chi connectivity index (χ4v) is 4.45. The molecule has 2 aromatic carbocycles. The molecular weight excluding hydrogens is 446 g/mol. The Balaban J connectivity index is 2.19. The number of hydrogen-bond acceptors (Lipinski definition) is 2. The molecule has 0 saturated heterocycles. The van der Waals surface area contributed by atoms with E-state index in [0.717, 1.165) is 24.3 Å². The first-order valence-corrected chi connectivity index (χ1v) is 9.58. The van der Waals surface area contributed by atoms with Gasteiger partial charge in [0.25, 0.3) is 5.84 Å². The van der Waals surface area contributed by atoms with Gasteiger partial charge < -0.3 is 0 Å². The maximum Gasteiger partial charge on any atom is 0.416 e. The predicted octanol–water partition coefficient (Wildman–Crippen LogP) is 5.75. The van der Waals surface area contributed by atoms with E-state index in [9.17, 15) is 26.3 Å². The average Bonchev–Trinajstić information content (AvgIpc) is 2.91. The van der Waals surface area contributed by atoms with Crippen molar-refractivity contribution in [2.45, 2.75) is 24.4 Å². The molecule has 0 bridgehead atoms. The number of thiocarbonyl (C=S) groups is 1. The zero-order chi connectivity index (χ0) is 22.4. The zero-order valence-electron chi connectivity index (χ0n) is 15.8. The first-order valence-electron chi connectivity index (χ1n) is 8.72. The van der Waals surface area contributed by atoms with Crippen molar-refractivity contribution in [3.05, 3.63) is 70.8 Å². The molecule has 1 aliphatic heterocycles. The van der Waals surface area contributed by atoms with Gasteiger partial charge in [0, 0.05) is 11.1 Å². The van der Waals surface area contributed by atoms with Gasteiger partial charge in [-0.15, -0.1) is 12.6 Å². The summed E-state index contributed by atoms with van der Waals surface area (Å²) in [5, 5.41) is 0. The molecule has 2 nitrogen and oxygen atoms in total. The summed E-state index contributed by atoms with van der Waals surface area (Å²) in [5.74, 6) is 0.443. The zero-order valence-corrected chi connectivity index (χ0v) is 17.5. The monoisotopic (exact) mass is 463 g/mol. The van der Waals surface area contributed by atoms with Crippen LogP contribution in [0.5, 0.6) is 0 Å². The van der Waals surface area contributed by atoms with E-state index in [1.165, 1.54) is 24.3 Å². The summed E-state index contributed by atoms with van der Waals surface area (Å²) in [5.41, 5.74) is -1.05. The summed E-state index contributed by atoms with van der Waals surface area (Å²) < 4.78 is 81.3. The molecule has 0 aliphatic carbocycles. The van der Waals surface area contributed by atoms with E-state index in [4.69, 9.17) is 12.2 Å². The van der Waals surface area contributed by atoms with Gasteiger partial charge in [-0.2, -0.15) is 26.3 Å². The first kappa shape index (κ1) is 22.6. The molecule has 1 heterocycles. The van der Waals surface area contributed by atoms with Gasteiger partial charge in [0.05, 0.1) is 25.2 Å². The van der Waals surface area contributed by atoms with Crippen LogP contribution in [0.3, 0.4) is 0 Å². The number of rotatable bonds is 3. The highest BCUT2D eigenvalue weighted by molar-refractivity contribution is 8.13. The number of amidine groups is 1. The van der Waals surface area contributed by atoms with E-state index < -0.39 is 35.6 Å². The second kappa shape index (κ2) is 7.88. The van der Waals surface area contributed by atoms with Crippen molar-refractivity contribution >= 4 is 34.9 Å². The fraction of sp³-hybridized carbons (Fsp3) is 0.300. The maximum absolute atomic E-state index is 13.3. The molecule has 0 amide bonds. The molecule has 3 rings (SSSR count). The van der Waals surface area contributed by atoms with Crippen molar-refractivity contribution in [1.82, 2.24) is 4.90 Å². The standard InChI is InChI=1S/C20H16F6N2S2/c1-27-15(11-5-3-7-13(9-11)19(21,22)23)16(28(2)17(27)18(29)30)12-6-4-8-14(10-12)20(24,25)26/h3-10,15-16H,1-2H3/p+1/t15-,16-/m1/s1. The van der Waals surface area contributed by atoms with Crippen LogP contribution in [0.15, 0.2) is 48.5 Å². The van der Waals surface area contributed by atoms with E-state index >= 15 is 0 Å². The molecule has 0 fully saturated rings. The van der Waals surface area contributed by atoms with Crippen molar-refractivity contribution in [2.75, 3.05) is 14.1 Å². The van der Waals surface area contributed by atoms with Crippen molar-refractivity contribution < 1.29 is 30.9 Å². The Hall–Kier alpha value is -2.07. The Labute approximate surface area is 180 Å². The molecule has 10 heteroatoms. The van der Waals surface area contributed by atoms with Crippen LogP contribution in [0.25, 0.3) is 0 Å². The smallest absolute Gasteiger partial charge is 0.251 e. The minimum absolute atomic E-state index is 0.187. The lowest BCUT2D eigenvalue weighted by Gasteiger charge is -2.23. The number of hydrogen-bond donors (Lipinski definition) is 1. The van der Waals surface area contributed by atoms with Crippen LogP contribution in [0.2, 0.25) is 0 Å². The third-order valence-corrected chi connectivity index (χ3v) is 5.49. The second-order valence-corrected chi connectivity index (χ2v) is 8.14. The van der Waals surface area contributed by atoms with Crippen LogP contribution in [0, 0.1) is 0 Å². The molecule has 30 heavy (non-hydrogen) atoms. The summed E-state index contributed by atoms with van der Waals surface area (Å²) in [4.78, 5) is 1.65. The number of alkyl halides is 6. The summed E-state index contributed by atoms with van der Waals surface area (Å²) in [6.07, 6.45) is -9.09. The van der Waals surface area contributed by atoms with Crippen molar-refractivity contribution in [2.24, 2.45) is 0 Å². The molecule has 2 atom stereocenters. The van der Waals surface area contributed by atoms with E-state index in [1.807, 2.05) is 0 Å². The van der Waals surface area contributed by atoms with Gasteiger partial charge in [-0.1, -0.05) is 36.5 Å². The van der Waals surface area contributed by atoms with Crippen LogP contribution in [0.4, 0.5) is 26.3 Å². The SMILES string of the molecule is CN1C(C(=S)S)=[N+](C)[C@H](c2cccc(C(F)(F)F)c2)[C@H]1c1cccc(C(F)(F)F)c1. The number of likely N-dealkylation sites (N-methyl/N-ethyl adjacent to an activating group) is 2. The summed E-state index contributed by atoms with van der Waals surface area (Å²) in [7, 11) is 3.26. The Morgan fingerprint density at radius 2 is 1.40 bits per heavy atom. The highest BCUT2D eigenvalue weighted by Crippen LogP contribution is 2.43. The third kappa shape index (κ3) is 4.20. The molecule has 0 spiro atoms. The van der Waals surface area contributed by atoms with Gasteiger partial charge in [-0.05, 0) is 24.3 Å². The van der Waals surface area contributed by atoms with E-state index in [1.54, 1.807) is 23.6 Å². The Kier molecular flexibility index (Phi) is 5.94. The molecule has 1 aliphatic rings. The number of halogens is 6. The van der Waals surface area contributed by atoms with Gasteiger partial charge in [0.15, 0.2) is 16.3 Å². The van der Waals surface area contributed by atoms with Crippen LogP contribution in [-0.2, 0) is 12.4 Å². The summed E-state index contributed by atoms with van der Waals surface area (Å²) >= 11 is 9.37. The van der Waals surface area contributed by atoms with Crippen molar-refractivity contribution in [3.63, 3.8) is 0 Å². The predicted molar refractivity (Wildman–Crippen MR) is 109 cm³/mol. The molecular formula is C20H17F6N2S2+. The van der Waals surface area contributed by atoms with Crippen LogP contribution in [0.1, 0.15) is 34.3 Å². The van der Waals surface area contributed by atoms with Gasteiger partial charge in [0.2, 0.25) is 0 Å². The van der Waals surface area contributed by atoms with E-state index in [0.29, 0.717) is 17.0 Å². The Morgan fingerprint density at radius 1 is 0.933 bits per heavy atom. The fourth-order valence-electron chi connectivity index (χ4n) is 3.85. The lowest BCUT2D eigenvalue weighted by atomic mass is 9.91. The number of benzene rings is 2. The minimum atomic E-state index is -4.55. The molecule has 0 radical (unpaired) electrons. The molecule has 160 valence electrons. The molecule has 2 aromatic rings. The number of nitrogens with zero attached hydrogens (tertiary/aromatic N) is 2. The molecule has 0 N–H and O–H groups in total. The molecule has 0 unspecified atom stereocenters. The largest absolute Gasteiger partial charge is 0.416 e. The summed E-state index contributed by atoms with van der Waals surface area (Å²) in [6.45, 7) is 0. The lowest BCUT2D eigenvalue weighted by molar-refractivity contribution is -0.537. The summed E-state index contributed by atoms with van der Waals surface area (Å²) in [6, 6.07) is 8.13. The van der Waals surface area contributed by atoms with Crippen LogP contribution >= 0.6 is 24.8 Å². The first-order chi connectivity index (χ1) is 13.8. The van der Waals surface area contributed by atoms with Gasteiger partial charge in [-0.3, -0.25) is 9.48 Å². The van der Waals surface area contributed by atoms with Crippen molar-refractivity contribution in [1.29, 1.82) is 0 Å². The molecule has 0 saturated carbocycles. The van der Waals surface area contributed by atoms with Crippen LogP contribution < -0.4 is 0 Å². The van der Waals surface area contributed by atoms with Crippen molar-refractivity contribution in [3.8, 4) is 0 Å². The number of thiol groups is 1. The Morgan fingerprint density at radius 3 is 1.87 bits per heavy atom. The minimum Gasteiger partial charge on any atom is -0.251 e. The average molecular weight is 463 g/mol. The van der Waals surface area contributed by atoms with E-state index in [2.05, 4.69) is 12.6 Å². The topological polar surface area (TPSA) is 6.25 Å². The highest BCUT2D eigenvalue weighted by atomic mass is 32.1. The third-order valence-electron chi connectivity index (χ3n) is 5.10. The quantitative estimate of drug-likeness (QED) is 0.268. The van der Waals surface area contributed by atoms with Gasteiger partial charge in [-0.25, -0.2) is 0 Å².